The zero-order chi connectivity index (χ0) is 15.5. The average Bonchev–Trinajstić information content (AvgIpc) is 2.22. The molecule has 0 radical (unpaired) electrons. The summed E-state index contributed by atoms with van der Waals surface area (Å²) in [5.74, 6) is -0.284. The third-order valence-electron chi connectivity index (χ3n) is 3.00. The number of hydrogen-bond acceptors (Lipinski definition) is 2. The topological polar surface area (TPSA) is 49.4 Å². The Labute approximate surface area is 121 Å². The van der Waals surface area contributed by atoms with Gasteiger partial charge in [-0.1, -0.05) is 6.07 Å². The molecule has 1 rings (SSSR count). The van der Waals surface area contributed by atoms with Gasteiger partial charge in [-0.15, -0.1) is 0 Å². The molecule has 0 aliphatic rings. The second-order valence-electron chi connectivity index (χ2n) is 6.20. The number of benzene rings is 1. The fourth-order valence-electron chi connectivity index (χ4n) is 2.21. The van der Waals surface area contributed by atoms with E-state index in [4.69, 9.17) is 0 Å². The summed E-state index contributed by atoms with van der Waals surface area (Å²) in [6.07, 6.45) is 0. The zero-order valence-corrected chi connectivity index (χ0v) is 13.2. The second-order valence-corrected chi connectivity index (χ2v) is 6.20. The maximum absolute atomic E-state index is 12.1. The lowest BCUT2D eigenvalue weighted by Crippen LogP contribution is -2.48. The van der Waals surface area contributed by atoms with E-state index < -0.39 is 0 Å². The van der Waals surface area contributed by atoms with Gasteiger partial charge >= 0.3 is 0 Å². The SMILES string of the molecule is CC(=O)N(CC(=O)Nc1cc(C)cc(C)c1)C(C)(C)C. The minimum atomic E-state index is -0.369. The Kier molecular flexibility index (Phi) is 4.93. The number of rotatable bonds is 3. The Balaban J connectivity index is 2.78. The number of carbonyl (C=O) groups is 2. The second kappa shape index (κ2) is 6.07. The van der Waals surface area contributed by atoms with Gasteiger partial charge in [0.2, 0.25) is 11.8 Å². The quantitative estimate of drug-likeness (QED) is 0.923. The lowest BCUT2D eigenvalue weighted by atomic mass is 10.1. The van der Waals surface area contributed by atoms with Crippen molar-refractivity contribution in [1.82, 2.24) is 4.90 Å². The van der Waals surface area contributed by atoms with Crippen LogP contribution in [0.3, 0.4) is 0 Å². The van der Waals surface area contributed by atoms with Crippen molar-refractivity contribution >= 4 is 17.5 Å². The first-order chi connectivity index (χ1) is 9.09. The highest BCUT2D eigenvalue weighted by Gasteiger charge is 2.25. The Morgan fingerprint density at radius 2 is 1.60 bits per heavy atom. The van der Waals surface area contributed by atoms with Gasteiger partial charge in [-0.3, -0.25) is 9.59 Å². The molecule has 0 aliphatic carbocycles. The van der Waals surface area contributed by atoms with Crippen LogP contribution in [0.15, 0.2) is 18.2 Å². The molecule has 0 fully saturated rings. The van der Waals surface area contributed by atoms with Gasteiger partial charge in [-0.05, 0) is 57.9 Å². The van der Waals surface area contributed by atoms with E-state index in [0.717, 1.165) is 16.8 Å². The molecule has 1 aromatic carbocycles. The van der Waals surface area contributed by atoms with Gasteiger partial charge in [0.1, 0.15) is 6.54 Å². The summed E-state index contributed by atoms with van der Waals surface area (Å²) in [7, 11) is 0. The largest absolute Gasteiger partial charge is 0.329 e. The smallest absolute Gasteiger partial charge is 0.244 e. The van der Waals surface area contributed by atoms with Crippen LogP contribution in [-0.4, -0.2) is 28.8 Å². The Hall–Kier alpha value is -1.84. The van der Waals surface area contributed by atoms with Gasteiger partial charge in [-0.2, -0.15) is 0 Å². The van der Waals surface area contributed by atoms with Crippen LogP contribution in [0.25, 0.3) is 0 Å². The van der Waals surface area contributed by atoms with Gasteiger partial charge < -0.3 is 10.2 Å². The fraction of sp³-hybridized carbons (Fsp3) is 0.500. The Morgan fingerprint density at radius 3 is 2.00 bits per heavy atom. The van der Waals surface area contributed by atoms with Crippen molar-refractivity contribution in [3.63, 3.8) is 0 Å². The minimum absolute atomic E-state index is 0.0613. The van der Waals surface area contributed by atoms with Crippen molar-refractivity contribution < 1.29 is 9.59 Å². The van der Waals surface area contributed by atoms with E-state index in [-0.39, 0.29) is 23.9 Å². The summed E-state index contributed by atoms with van der Waals surface area (Å²) in [5, 5.41) is 2.85. The first-order valence-electron chi connectivity index (χ1n) is 6.76. The molecule has 0 heterocycles. The molecule has 4 nitrogen and oxygen atoms in total. The fourth-order valence-corrected chi connectivity index (χ4v) is 2.21. The molecule has 0 atom stereocenters. The molecule has 0 bridgehead atoms. The molecule has 0 saturated carbocycles. The Morgan fingerprint density at radius 1 is 1.10 bits per heavy atom. The predicted octanol–water partition coefficient (Wildman–Crippen LogP) is 2.89. The summed E-state index contributed by atoms with van der Waals surface area (Å²) in [4.78, 5) is 25.3. The molecule has 4 heteroatoms. The molecule has 0 aliphatic heterocycles. The van der Waals surface area contributed by atoms with Crippen molar-refractivity contribution in [2.75, 3.05) is 11.9 Å². The number of anilines is 1. The van der Waals surface area contributed by atoms with Crippen LogP contribution in [0.1, 0.15) is 38.8 Å². The molecule has 1 aromatic rings. The summed E-state index contributed by atoms with van der Waals surface area (Å²) >= 11 is 0. The zero-order valence-electron chi connectivity index (χ0n) is 13.2. The normalized spacial score (nSPS) is 11.1. The van der Waals surface area contributed by atoms with Crippen molar-refractivity contribution in [3.05, 3.63) is 29.3 Å². The summed E-state index contributed by atoms with van der Waals surface area (Å²) in [6.45, 7) is 11.3. The highest BCUT2D eigenvalue weighted by atomic mass is 16.2. The van der Waals surface area contributed by atoms with Gasteiger partial charge in [0.15, 0.2) is 0 Å². The first-order valence-corrected chi connectivity index (χ1v) is 6.76. The number of amides is 2. The summed E-state index contributed by atoms with van der Waals surface area (Å²) in [5.41, 5.74) is 2.59. The standard InChI is InChI=1S/C16H24N2O2/c1-11-7-12(2)9-14(8-11)17-15(20)10-18(13(3)19)16(4,5)6/h7-9H,10H2,1-6H3,(H,17,20). The number of aryl methyl sites for hydroxylation is 2. The molecule has 0 saturated heterocycles. The van der Waals surface area contributed by atoms with E-state index >= 15 is 0 Å². The van der Waals surface area contributed by atoms with Crippen LogP contribution in [0.2, 0.25) is 0 Å². The number of hydrogen-bond donors (Lipinski definition) is 1. The number of nitrogens with one attached hydrogen (secondary N) is 1. The molecule has 0 unspecified atom stereocenters. The van der Waals surface area contributed by atoms with Crippen LogP contribution >= 0.6 is 0 Å². The van der Waals surface area contributed by atoms with Gasteiger partial charge in [-0.25, -0.2) is 0 Å². The van der Waals surface area contributed by atoms with Crippen molar-refractivity contribution in [2.24, 2.45) is 0 Å². The summed E-state index contributed by atoms with van der Waals surface area (Å²) < 4.78 is 0. The molecule has 0 aromatic heterocycles. The minimum Gasteiger partial charge on any atom is -0.329 e. The lowest BCUT2D eigenvalue weighted by molar-refractivity contribution is -0.137. The summed E-state index contributed by atoms with van der Waals surface area (Å²) in [6, 6.07) is 5.88. The van der Waals surface area contributed by atoms with E-state index in [0.29, 0.717) is 0 Å². The highest BCUT2D eigenvalue weighted by molar-refractivity contribution is 5.94. The monoisotopic (exact) mass is 276 g/mol. The van der Waals surface area contributed by atoms with E-state index in [1.165, 1.54) is 6.92 Å². The van der Waals surface area contributed by atoms with Crippen LogP contribution in [0.4, 0.5) is 5.69 Å². The molecule has 1 N–H and O–H groups in total. The molecule has 0 spiro atoms. The first kappa shape index (κ1) is 16.2. The van der Waals surface area contributed by atoms with Gasteiger partial charge in [0.05, 0.1) is 0 Å². The predicted molar refractivity (Wildman–Crippen MR) is 81.7 cm³/mol. The van der Waals surface area contributed by atoms with Crippen LogP contribution in [0, 0.1) is 13.8 Å². The third-order valence-corrected chi connectivity index (χ3v) is 3.00. The van der Waals surface area contributed by atoms with Crippen LogP contribution < -0.4 is 5.32 Å². The molecular weight excluding hydrogens is 252 g/mol. The number of nitrogens with zero attached hydrogens (tertiary/aromatic N) is 1. The van der Waals surface area contributed by atoms with E-state index in [9.17, 15) is 9.59 Å². The lowest BCUT2D eigenvalue weighted by Gasteiger charge is -2.34. The van der Waals surface area contributed by atoms with E-state index in [2.05, 4.69) is 5.32 Å². The van der Waals surface area contributed by atoms with E-state index in [1.54, 1.807) is 4.90 Å². The highest BCUT2D eigenvalue weighted by Crippen LogP contribution is 2.16. The van der Waals surface area contributed by atoms with Crippen molar-refractivity contribution in [2.45, 2.75) is 47.1 Å². The average molecular weight is 276 g/mol. The molecule has 20 heavy (non-hydrogen) atoms. The maximum Gasteiger partial charge on any atom is 0.244 e. The van der Waals surface area contributed by atoms with Gasteiger partial charge in [0.25, 0.3) is 0 Å². The third kappa shape index (κ3) is 4.68. The molecule has 110 valence electrons. The van der Waals surface area contributed by atoms with Crippen molar-refractivity contribution in [3.8, 4) is 0 Å². The maximum atomic E-state index is 12.1. The molecule has 2 amide bonds. The van der Waals surface area contributed by atoms with Crippen LogP contribution in [0.5, 0.6) is 0 Å². The van der Waals surface area contributed by atoms with Crippen molar-refractivity contribution in [1.29, 1.82) is 0 Å². The Bertz CT molecular complexity index is 495. The number of carbonyl (C=O) groups excluding carboxylic acids is 2. The van der Waals surface area contributed by atoms with Gasteiger partial charge in [0, 0.05) is 18.2 Å². The molecular formula is C16H24N2O2. The van der Waals surface area contributed by atoms with Crippen LogP contribution in [-0.2, 0) is 9.59 Å². The van der Waals surface area contributed by atoms with E-state index in [1.807, 2.05) is 52.8 Å².